The van der Waals surface area contributed by atoms with E-state index in [4.69, 9.17) is 0 Å². The van der Waals surface area contributed by atoms with E-state index in [2.05, 4.69) is 22.8 Å². The lowest BCUT2D eigenvalue weighted by Crippen LogP contribution is -2.44. The van der Waals surface area contributed by atoms with E-state index in [9.17, 15) is 23.1 Å². The summed E-state index contributed by atoms with van der Waals surface area (Å²) in [5, 5.41) is 16.8. The molecule has 2 aromatic carbocycles. The van der Waals surface area contributed by atoms with Gasteiger partial charge in [-0.2, -0.15) is 0 Å². The number of amides is 1. The number of aliphatic hydroxyl groups excluding tert-OH is 1. The van der Waals surface area contributed by atoms with Gasteiger partial charge in [0.25, 0.3) is 5.91 Å². The maximum Gasteiger partial charge on any atom is 0.251 e. The Bertz CT molecular complexity index is 1100. The second-order valence-corrected chi connectivity index (χ2v) is 11.3. The molecule has 1 saturated heterocycles. The second kappa shape index (κ2) is 10.2. The third-order valence-corrected chi connectivity index (χ3v) is 8.32. The van der Waals surface area contributed by atoms with Gasteiger partial charge in [0.15, 0.2) is 5.78 Å². The van der Waals surface area contributed by atoms with Crippen molar-refractivity contribution in [3.05, 3.63) is 70.8 Å². The molecule has 8 heteroatoms. The van der Waals surface area contributed by atoms with Crippen LogP contribution in [-0.2, 0) is 22.8 Å². The van der Waals surface area contributed by atoms with Gasteiger partial charge in [-0.15, -0.1) is 0 Å². The molecule has 1 amide bonds. The smallest absolute Gasteiger partial charge is 0.251 e. The molecule has 2 atom stereocenters. The minimum atomic E-state index is -2.97. The van der Waals surface area contributed by atoms with Gasteiger partial charge in [-0.1, -0.05) is 36.4 Å². The Hall–Kier alpha value is -2.55. The summed E-state index contributed by atoms with van der Waals surface area (Å²) in [6.07, 6.45) is 1.56. The SMILES string of the molecule is O=C(CC[C@@H](O)[C@@H]1Cc2ccccc2CN1)c1ccc(C(=O)NC2CCS(=O)(=O)CC2)cc1. The Kier molecular flexibility index (Phi) is 7.26. The molecule has 2 aliphatic rings. The van der Waals surface area contributed by atoms with Gasteiger partial charge in [-0.25, -0.2) is 8.42 Å². The summed E-state index contributed by atoms with van der Waals surface area (Å²) < 4.78 is 23.0. The van der Waals surface area contributed by atoms with Crippen LogP contribution in [0.15, 0.2) is 48.5 Å². The topological polar surface area (TPSA) is 113 Å². The van der Waals surface area contributed by atoms with Crippen molar-refractivity contribution in [2.24, 2.45) is 0 Å². The number of fused-ring (bicyclic) bond motifs is 1. The van der Waals surface area contributed by atoms with Gasteiger partial charge in [0, 0.05) is 36.2 Å². The molecule has 33 heavy (non-hydrogen) atoms. The van der Waals surface area contributed by atoms with Crippen LogP contribution in [0.4, 0.5) is 0 Å². The lowest BCUT2D eigenvalue weighted by Gasteiger charge is -2.29. The lowest BCUT2D eigenvalue weighted by atomic mass is 9.90. The fourth-order valence-electron chi connectivity index (χ4n) is 4.49. The third kappa shape index (κ3) is 6.07. The van der Waals surface area contributed by atoms with Crippen molar-refractivity contribution in [3.8, 4) is 0 Å². The molecule has 0 bridgehead atoms. The zero-order valence-electron chi connectivity index (χ0n) is 18.5. The number of aliphatic hydroxyl groups is 1. The number of sulfone groups is 1. The number of ketones is 1. The Balaban J connectivity index is 1.26. The summed E-state index contributed by atoms with van der Waals surface area (Å²) in [6, 6.07) is 14.4. The summed E-state index contributed by atoms with van der Waals surface area (Å²) >= 11 is 0. The molecule has 7 nitrogen and oxygen atoms in total. The van der Waals surface area contributed by atoms with Crippen LogP contribution in [0.1, 0.15) is 57.5 Å². The molecule has 0 unspecified atom stereocenters. The highest BCUT2D eigenvalue weighted by molar-refractivity contribution is 7.91. The molecule has 176 valence electrons. The van der Waals surface area contributed by atoms with E-state index < -0.39 is 15.9 Å². The first kappa shape index (κ1) is 23.6. The van der Waals surface area contributed by atoms with E-state index in [1.165, 1.54) is 11.1 Å². The molecule has 0 saturated carbocycles. The highest BCUT2D eigenvalue weighted by atomic mass is 32.2. The Morgan fingerprint density at radius 2 is 1.64 bits per heavy atom. The number of hydrogen-bond donors (Lipinski definition) is 3. The quantitative estimate of drug-likeness (QED) is 0.534. The zero-order chi connectivity index (χ0) is 23.4. The number of benzene rings is 2. The molecule has 0 aromatic heterocycles. The van der Waals surface area contributed by atoms with Crippen LogP contribution in [-0.4, -0.2) is 54.9 Å². The summed E-state index contributed by atoms with van der Waals surface area (Å²) in [4.78, 5) is 25.0. The van der Waals surface area contributed by atoms with Crippen molar-refractivity contribution in [2.75, 3.05) is 11.5 Å². The lowest BCUT2D eigenvalue weighted by molar-refractivity contribution is 0.0876. The normalized spacial score (nSPS) is 21.1. The van der Waals surface area contributed by atoms with Gasteiger partial charge in [0.05, 0.1) is 17.6 Å². The van der Waals surface area contributed by atoms with Crippen LogP contribution in [0.5, 0.6) is 0 Å². The van der Waals surface area contributed by atoms with E-state index in [0.29, 0.717) is 36.9 Å². The first-order valence-electron chi connectivity index (χ1n) is 11.4. The van der Waals surface area contributed by atoms with Crippen LogP contribution in [0.25, 0.3) is 0 Å². The average Bonchev–Trinajstić information content (AvgIpc) is 2.83. The predicted molar refractivity (Wildman–Crippen MR) is 126 cm³/mol. The van der Waals surface area contributed by atoms with Gasteiger partial charge in [0.1, 0.15) is 9.84 Å². The molecule has 0 aliphatic carbocycles. The van der Waals surface area contributed by atoms with Crippen molar-refractivity contribution in [3.63, 3.8) is 0 Å². The summed E-state index contributed by atoms with van der Waals surface area (Å²) in [5.41, 5.74) is 3.42. The largest absolute Gasteiger partial charge is 0.391 e. The molecule has 0 radical (unpaired) electrons. The fourth-order valence-corrected chi connectivity index (χ4v) is 5.98. The van der Waals surface area contributed by atoms with E-state index in [0.717, 1.165) is 6.42 Å². The van der Waals surface area contributed by atoms with Crippen LogP contribution in [0.2, 0.25) is 0 Å². The molecule has 2 heterocycles. The van der Waals surface area contributed by atoms with Crippen molar-refractivity contribution in [2.45, 2.75) is 56.8 Å². The highest BCUT2D eigenvalue weighted by Gasteiger charge is 2.26. The number of Topliss-reactive ketones (excluding diaryl/α,β-unsaturated/α-hetero) is 1. The van der Waals surface area contributed by atoms with Crippen molar-refractivity contribution in [1.82, 2.24) is 10.6 Å². The number of hydrogen-bond acceptors (Lipinski definition) is 6. The van der Waals surface area contributed by atoms with E-state index in [1.807, 2.05) is 12.1 Å². The number of carbonyl (C=O) groups is 2. The van der Waals surface area contributed by atoms with Crippen molar-refractivity contribution in [1.29, 1.82) is 0 Å². The minimum Gasteiger partial charge on any atom is -0.391 e. The third-order valence-electron chi connectivity index (χ3n) is 6.60. The monoisotopic (exact) mass is 470 g/mol. The van der Waals surface area contributed by atoms with E-state index >= 15 is 0 Å². The Morgan fingerprint density at radius 1 is 1.00 bits per heavy atom. The zero-order valence-corrected chi connectivity index (χ0v) is 19.3. The molecule has 4 rings (SSSR count). The summed E-state index contributed by atoms with van der Waals surface area (Å²) in [6.45, 7) is 0.714. The number of nitrogens with one attached hydrogen (secondary N) is 2. The number of carbonyl (C=O) groups excluding carboxylic acids is 2. The predicted octanol–water partition coefficient (Wildman–Crippen LogP) is 2.03. The van der Waals surface area contributed by atoms with Crippen LogP contribution >= 0.6 is 0 Å². The molecule has 3 N–H and O–H groups in total. The fraction of sp³-hybridized carbons (Fsp3) is 0.440. The van der Waals surface area contributed by atoms with E-state index in [-0.39, 0.29) is 41.7 Å². The maximum absolute atomic E-state index is 12.6. The Morgan fingerprint density at radius 3 is 2.33 bits per heavy atom. The van der Waals surface area contributed by atoms with Gasteiger partial charge in [-0.3, -0.25) is 9.59 Å². The van der Waals surface area contributed by atoms with Crippen molar-refractivity contribution < 1.29 is 23.1 Å². The van der Waals surface area contributed by atoms with Gasteiger partial charge < -0.3 is 15.7 Å². The van der Waals surface area contributed by atoms with Gasteiger partial charge >= 0.3 is 0 Å². The minimum absolute atomic E-state index is 0.0743. The van der Waals surface area contributed by atoms with Crippen LogP contribution in [0.3, 0.4) is 0 Å². The average molecular weight is 471 g/mol. The van der Waals surface area contributed by atoms with Crippen LogP contribution < -0.4 is 10.6 Å². The summed E-state index contributed by atoms with van der Waals surface area (Å²) in [7, 11) is -2.97. The van der Waals surface area contributed by atoms with Crippen molar-refractivity contribution >= 4 is 21.5 Å². The molecule has 2 aliphatic heterocycles. The van der Waals surface area contributed by atoms with Gasteiger partial charge in [-0.05, 0) is 48.9 Å². The first-order valence-corrected chi connectivity index (χ1v) is 13.3. The standard InChI is InChI=1S/C25H30N2O5S/c28-23(9-10-24(29)22-15-19-3-1-2-4-20(19)16-26-22)17-5-7-18(8-6-17)25(30)27-21-11-13-33(31,32)14-12-21/h1-8,21-22,24,26,29H,9-16H2,(H,27,30)/t22-,24+/m0/s1. The molecular weight excluding hydrogens is 440 g/mol. The first-order chi connectivity index (χ1) is 15.8. The molecule has 2 aromatic rings. The molecular formula is C25H30N2O5S. The Labute approximate surface area is 194 Å². The second-order valence-electron chi connectivity index (χ2n) is 8.97. The van der Waals surface area contributed by atoms with Gasteiger partial charge in [0.2, 0.25) is 0 Å². The van der Waals surface area contributed by atoms with E-state index in [1.54, 1.807) is 24.3 Å². The van der Waals surface area contributed by atoms with Crippen LogP contribution in [0, 0.1) is 0 Å². The maximum atomic E-state index is 12.6. The molecule has 1 fully saturated rings. The molecule has 0 spiro atoms. The summed E-state index contributed by atoms with van der Waals surface area (Å²) in [5.74, 6) is -0.146. The highest BCUT2D eigenvalue weighted by Crippen LogP contribution is 2.20. The number of rotatable bonds is 7.